The number of anilines is 2. The van der Waals surface area contributed by atoms with E-state index < -0.39 is 11.6 Å². The van der Waals surface area contributed by atoms with Crippen molar-refractivity contribution in [3.05, 3.63) is 76.4 Å². The van der Waals surface area contributed by atoms with Gasteiger partial charge in [-0.15, -0.1) is 0 Å². The molecule has 0 spiro atoms. The van der Waals surface area contributed by atoms with Crippen molar-refractivity contribution >= 4 is 39.4 Å². The Balaban J connectivity index is 0.000000839. The van der Waals surface area contributed by atoms with Gasteiger partial charge < -0.3 is 24.6 Å². The summed E-state index contributed by atoms with van der Waals surface area (Å²) in [6, 6.07) is 13.4. The first kappa shape index (κ1) is 36.3. The molecule has 270 valence electrons. The van der Waals surface area contributed by atoms with Gasteiger partial charge in [0.1, 0.15) is 17.4 Å². The van der Waals surface area contributed by atoms with Crippen LogP contribution in [0.25, 0.3) is 33.1 Å². The molecule has 9 heteroatoms. The number of aliphatic carboxylic acids is 1. The van der Waals surface area contributed by atoms with Crippen molar-refractivity contribution in [1.82, 2.24) is 19.5 Å². The molecule has 51 heavy (non-hydrogen) atoms. The maximum atomic E-state index is 12.1. The van der Waals surface area contributed by atoms with E-state index in [2.05, 4.69) is 85.4 Å². The Morgan fingerprint density at radius 3 is 2.29 bits per heavy atom. The second kappa shape index (κ2) is 13.9. The maximum Gasteiger partial charge on any atom is 0.307 e. The highest BCUT2D eigenvalue weighted by molar-refractivity contribution is 6.09. The van der Waals surface area contributed by atoms with Crippen molar-refractivity contribution < 1.29 is 15.0 Å². The largest absolute Gasteiger partial charge is 0.481 e. The Kier molecular flexibility index (Phi) is 9.90. The first-order valence-corrected chi connectivity index (χ1v) is 18.3. The summed E-state index contributed by atoms with van der Waals surface area (Å²) in [4.78, 5) is 31.4. The number of nitrogens with zero attached hydrogens (tertiary/aromatic N) is 6. The quantitative estimate of drug-likeness (QED) is 0.184. The molecule has 5 heterocycles. The summed E-state index contributed by atoms with van der Waals surface area (Å²) < 4.78 is 2.35. The lowest BCUT2D eigenvalue weighted by molar-refractivity contribution is -0.136. The lowest BCUT2D eigenvalue weighted by Gasteiger charge is -2.40. The van der Waals surface area contributed by atoms with E-state index in [9.17, 15) is 9.90 Å². The molecule has 1 saturated heterocycles. The van der Waals surface area contributed by atoms with Crippen molar-refractivity contribution in [1.29, 1.82) is 0 Å². The number of carboxylic acids is 1. The number of aliphatic hydroxyl groups is 1. The maximum absolute atomic E-state index is 12.1. The number of aromatic nitrogens is 4. The summed E-state index contributed by atoms with van der Waals surface area (Å²) in [6.07, 6.45) is 4.73. The number of rotatable bonds is 6. The normalized spacial score (nSPS) is 15.9. The van der Waals surface area contributed by atoms with Gasteiger partial charge in [0.2, 0.25) is 0 Å². The highest BCUT2D eigenvalue weighted by Gasteiger charge is 2.31. The minimum absolute atomic E-state index is 0.0251. The van der Waals surface area contributed by atoms with Crippen LogP contribution in [0.1, 0.15) is 88.0 Å². The van der Waals surface area contributed by atoms with Gasteiger partial charge in [-0.25, -0.2) is 9.97 Å². The molecule has 9 nitrogen and oxygen atoms in total. The molecule has 2 N–H and O–H groups in total. The predicted molar refractivity (Wildman–Crippen MR) is 208 cm³/mol. The highest BCUT2D eigenvalue weighted by atomic mass is 16.4. The zero-order chi connectivity index (χ0) is 36.8. The fourth-order valence-electron chi connectivity index (χ4n) is 7.72. The van der Waals surface area contributed by atoms with E-state index in [0.717, 1.165) is 103 Å². The predicted octanol–water partition coefficient (Wildman–Crippen LogP) is 8.19. The van der Waals surface area contributed by atoms with Crippen LogP contribution in [-0.4, -0.2) is 60.9 Å². The average molecular weight is 691 g/mol. The smallest absolute Gasteiger partial charge is 0.307 e. The minimum atomic E-state index is -0.820. The monoisotopic (exact) mass is 690 g/mol. The summed E-state index contributed by atoms with van der Waals surface area (Å²) in [5.74, 6) is 0.169. The van der Waals surface area contributed by atoms with E-state index in [1.54, 1.807) is 27.1 Å². The van der Waals surface area contributed by atoms with Crippen LogP contribution in [0.15, 0.2) is 42.7 Å². The van der Waals surface area contributed by atoms with E-state index in [0.29, 0.717) is 0 Å². The first-order chi connectivity index (χ1) is 24.0. The molecule has 0 atom stereocenters. The average Bonchev–Trinajstić information content (AvgIpc) is 3.37. The Labute approximate surface area is 302 Å². The minimum Gasteiger partial charge on any atom is -0.481 e. The highest BCUT2D eigenvalue weighted by Crippen LogP contribution is 2.43. The van der Waals surface area contributed by atoms with Gasteiger partial charge in [-0.3, -0.25) is 9.78 Å². The number of fused-ring (bicyclic) bond motifs is 4. The SMILES string of the molecule is CC(C)(C)O.CCn1c2ccc(C)cc2c2ncnc(N3CCc4cc(-c5c(C)nc(C)c(CC(=O)O)c5N5CCC(C)(C)CC5)ccc4C3)c21. The van der Waals surface area contributed by atoms with Crippen molar-refractivity contribution in [3.8, 4) is 11.1 Å². The zero-order valence-corrected chi connectivity index (χ0v) is 31.9. The number of carboxylic acid groups (broad SMARTS) is 1. The fourth-order valence-corrected chi connectivity index (χ4v) is 7.72. The molecule has 3 aromatic heterocycles. The van der Waals surface area contributed by atoms with E-state index in [1.807, 2.05) is 6.92 Å². The van der Waals surface area contributed by atoms with Gasteiger partial charge in [0.05, 0.1) is 23.2 Å². The van der Waals surface area contributed by atoms with Crippen LogP contribution in [0, 0.1) is 26.2 Å². The van der Waals surface area contributed by atoms with Crippen molar-refractivity contribution in [2.45, 2.75) is 107 Å². The fraction of sp³-hybridized carbons (Fsp3) is 0.476. The van der Waals surface area contributed by atoms with Gasteiger partial charge in [-0.05, 0) is 102 Å². The molecule has 2 aromatic carbocycles. The molecule has 0 aliphatic carbocycles. The molecule has 2 aliphatic rings. The third kappa shape index (κ3) is 7.59. The summed E-state index contributed by atoms with van der Waals surface area (Å²) in [5.41, 5.74) is 12.8. The molecule has 0 unspecified atom stereocenters. The summed E-state index contributed by atoms with van der Waals surface area (Å²) in [6.45, 7) is 22.5. The Hall–Kier alpha value is -4.50. The van der Waals surface area contributed by atoms with Crippen molar-refractivity contribution in [2.24, 2.45) is 5.41 Å². The topological polar surface area (TPSA) is 108 Å². The van der Waals surface area contributed by atoms with Crippen LogP contribution in [0.4, 0.5) is 11.5 Å². The Morgan fingerprint density at radius 1 is 0.922 bits per heavy atom. The number of aryl methyl sites for hydroxylation is 4. The number of carbonyl (C=O) groups is 1. The molecule has 1 fully saturated rings. The number of pyridine rings is 1. The van der Waals surface area contributed by atoms with Crippen LogP contribution in [0.5, 0.6) is 0 Å². The molecular formula is C42H54N6O3. The second-order valence-electron chi connectivity index (χ2n) is 16.2. The van der Waals surface area contributed by atoms with Gasteiger partial charge in [-0.1, -0.05) is 43.7 Å². The van der Waals surface area contributed by atoms with Crippen LogP contribution in [-0.2, 0) is 30.7 Å². The Bertz CT molecular complexity index is 2090. The zero-order valence-electron chi connectivity index (χ0n) is 31.9. The summed E-state index contributed by atoms with van der Waals surface area (Å²) in [5, 5.41) is 19.6. The van der Waals surface area contributed by atoms with Gasteiger partial charge in [0.25, 0.3) is 0 Å². The third-order valence-electron chi connectivity index (χ3n) is 10.3. The molecule has 0 bridgehead atoms. The van der Waals surface area contributed by atoms with Crippen molar-refractivity contribution in [3.63, 3.8) is 0 Å². The molecule has 5 aromatic rings. The lowest BCUT2D eigenvalue weighted by Crippen LogP contribution is -2.38. The van der Waals surface area contributed by atoms with Gasteiger partial charge >= 0.3 is 5.97 Å². The van der Waals surface area contributed by atoms with Crippen LogP contribution < -0.4 is 9.80 Å². The van der Waals surface area contributed by atoms with Crippen LogP contribution in [0.2, 0.25) is 0 Å². The molecule has 2 aliphatic heterocycles. The van der Waals surface area contributed by atoms with Crippen LogP contribution >= 0.6 is 0 Å². The molecular weight excluding hydrogens is 637 g/mol. The Morgan fingerprint density at radius 2 is 1.63 bits per heavy atom. The van der Waals surface area contributed by atoms with Gasteiger partial charge in [0, 0.05) is 60.6 Å². The van der Waals surface area contributed by atoms with Crippen LogP contribution in [0.3, 0.4) is 0 Å². The third-order valence-corrected chi connectivity index (χ3v) is 10.3. The van der Waals surface area contributed by atoms with E-state index in [-0.39, 0.29) is 11.8 Å². The lowest BCUT2D eigenvalue weighted by atomic mass is 9.82. The van der Waals surface area contributed by atoms with E-state index in [1.165, 1.54) is 27.6 Å². The molecule has 7 rings (SSSR count). The number of piperidine rings is 1. The number of benzene rings is 2. The van der Waals surface area contributed by atoms with Crippen molar-refractivity contribution in [2.75, 3.05) is 29.4 Å². The summed E-state index contributed by atoms with van der Waals surface area (Å²) >= 11 is 0. The first-order valence-electron chi connectivity index (χ1n) is 18.3. The molecule has 0 radical (unpaired) electrons. The van der Waals surface area contributed by atoms with Gasteiger partial charge in [0.15, 0.2) is 5.82 Å². The number of hydrogen-bond donors (Lipinski definition) is 2. The van der Waals surface area contributed by atoms with E-state index in [4.69, 9.17) is 20.1 Å². The summed E-state index contributed by atoms with van der Waals surface area (Å²) in [7, 11) is 0. The second-order valence-corrected chi connectivity index (χ2v) is 16.2. The van der Waals surface area contributed by atoms with E-state index >= 15 is 0 Å². The van der Waals surface area contributed by atoms with Gasteiger partial charge in [-0.2, -0.15) is 0 Å². The molecule has 0 amide bonds. The molecule has 0 saturated carbocycles. The number of hydrogen-bond acceptors (Lipinski definition) is 7. The standard InChI is InChI=1S/C38H44N6O2.C4H10O/c1-7-44-31-11-8-23(2)18-30(31)34-36(44)37(40-22-39-34)43-15-12-26-19-27(9-10-28(26)21-43)33-25(4)41-24(3)29(20-32(45)46)35(33)42-16-13-38(5,6)14-17-42;1-4(2,3)5/h8-11,18-19,22H,7,12-17,20-21H2,1-6H3,(H,45,46);5H,1-3H3.